The van der Waals surface area contributed by atoms with Gasteiger partial charge in [0.15, 0.2) is 12.1 Å². The van der Waals surface area contributed by atoms with E-state index in [2.05, 4.69) is 10.3 Å². The van der Waals surface area contributed by atoms with Gasteiger partial charge in [0.25, 0.3) is 5.91 Å². The van der Waals surface area contributed by atoms with Crippen LogP contribution in [0.5, 0.6) is 0 Å². The zero-order valence-corrected chi connectivity index (χ0v) is 12.5. The van der Waals surface area contributed by atoms with Crippen LogP contribution in [0.15, 0.2) is 40.0 Å². The van der Waals surface area contributed by atoms with Gasteiger partial charge >= 0.3 is 0 Å². The number of rotatable bonds is 5. The molecule has 8 heteroatoms. The molecule has 1 amide bonds. The summed E-state index contributed by atoms with van der Waals surface area (Å²) >= 11 is 0. The number of carbonyl (C=O) groups is 1. The maximum Gasteiger partial charge on any atom is 0.273 e. The van der Waals surface area contributed by atoms with Gasteiger partial charge in [0.1, 0.15) is 5.76 Å². The summed E-state index contributed by atoms with van der Waals surface area (Å²) in [7, 11) is -3.70. The average Bonchev–Trinajstić information content (AvgIpc) is 3.21. The number of hydrogen-bond donors (Lipinski definition) is 2. The maximum absolute atomic E-state index is 12.1. The molecule has 1 saturated carbocycles. The summed E-state index contributed by atoms with van der Waals surface area (Å²) in [6, 6.07) is 6.01. The number of nitrogens with one attached hydrogen (secondary N) is 1. The minimum absolute atomic E-state index is 0.0371. The molecule has 116 valence electrons. The quantitative estimate of drug-likeness (QED) is 0.856. The standard InChI is InChI=1S/C14H15N3O4S/c15-22(19,20)11-5-1-9(2-6-11)7-16-14(18)12-13(10-3-4-10)21-8-17-12/h1-2,5-6,8,10H,3-4,7H2,(H,16,18)(H2,15,19,20). The number of nitrogens with zero attached hydrogens (tertiary/aromatic N) is 1. The Labute approximate surface area is 127 Å². The molecule has 3 rings (SSSR count). The predicted octanol–water partition coefficient (Wildman–Crippen LogP) is 1.13. The zero-order valence-electron chi connectivity index (χ0n) is 11.7. The van der Waals surface area contributed by atoms with Crippen LogP contribution in [0.2, 0.25) is 0 Å². The van der Waals surface area contributed by atoms with Gasteiger partial charge in [0.05, 0.1) is 4.90 Å². The Balaban J connectivity index is 1.64. The molecule has 0 spiro atoms. The first-order valence-electron chi connectivity index (χ1n) is 6.78. The molecular formula is C14H15N3O4S. The molecule has 1 aromatic carbocycles. The third kappa shape index (κ3) is 3.18. The molecule has 1 aliphatic rings. The lowest BCUT2D eigenvalue weighted by atomic mass is 10.2. The van der Waals surface area contributed by atoms with E-state index in [-0.39, 0.29) is 17.3 Å². The lowest BCUT2D eigenvalue weighted by Gasteiger charge is -2.05. The number of primary sulfonamides is 1. The van der Waals surface area contributed by atoms with Crippen LogP contribution < -0.4 is 10.5 Å². The average molecular weight is 321 g/mol. The molecule has 2 aromatic rings. The molecule has 0 bridgehead atoms. The molecule has 7 nitrogen and oxygen atoms in total. The number of nitrogens with two attached hydrogens (primary N) is 1. The number of aromatic nitrogens is 1. The largest absolute Gasteiger partial charge is 0.447 e. The third-order valence-electron chi connectivity index (χ3n) is 3.46. The molecule has 0 radical (unpaired) electrons. The normalized spacial score (nSPS) is 14.8. The van der Waals surface area contributed by atoms with Crippen molar-refractivity contribution in [2.24, 2.45) is 5.14 Å². The van der Waals surface area contributed by atoms with Gasteiger partial charge in [-0.05, 0) is 30.5 Å². The van der Waals surface area contributed by atoms with Crippen molar-refractivity contribution in [3.05, 3.63) is 47.7 Å². The molecule has 0 atom stereocenters. The summed E-state index contributed by atoms with van der Waals surface area (Å²) in [5.41, 5.74) is 1.08. The van der Waals surface area contributed by atoms with Crippen molar-refractivity contribution < 1.29 is 17.6 Å². The highest BCUT2D eigenvalue weighted by Gasteiger charge is 2.32. The summed E-state index contributed by atoms with van der Waals surface area (Å²) in [5.74, 6) is 0.644. The Hall–Kier alpha value is -2.19. The maximum atomic E-state index is 12.1. The second-order valence-corrected chi connectivity index (χ2v) is 6.77. The highest BCUT2D eigenvalue weighted by molar-refractivity contribution is 7.89. The zero-order chi connectivity index (χ0) is 15.7. The predicted molar refractivity (Wildman–Crippen MR) is 77.5 cm³/mol. The summed E-state index contributed by atoms with van der Waals surface area (Å²) < 4.78 is 27.6. The number of benzene rings is 1. The van der Waals surface area contributed by atoms with E-state index in [1.54, 1.807) is 12.1 Å². The van der Waals surface area contributed by atoms with E-state index >= 15 is 0 Å². The Bertz CT molecular complexity index is 792. The Kier molecular flexibility index (Phi) is 3.71. The monoisotopic (exact) mass is 321 g/mol. The van der Waals surface area contributed by atoms with Crippen molar-refractivity contribution in [2.75, 3.05) is 0 Å². The molecule has 0 aliphatic heterocycles. The highest BCUT2D eigenvalue weighted by atomic mass is 32.2. The fraction of sp³-hybridized carbons (Fsp3) is 0.286. The Morgan fingerprint density at radius 3 is 2.59 bits per heavy atom. The molecule has 1 heterocycles. The van der Waals surface area contributed by atoms with Gasteiger partial charge in [-0.3, -0.25) is 4.79 Å². The number of sulfonamides is 1. The van der Waals surface area contributed by atoms with E-state index in [1.165, 1.54) is 18.5 Å². The molecule has 1 aromatic heterocycles. The van der Waals surface area contributed by atoms with E-state index in [0.29, 0.717) is 17.4 Å². The SMILES string of the molecule is NS(=O)(=O)c1ccc(CNC(=O)c2ncoc2C2CC2)cc1. The van der Waals surface area contributed by atoms with Crippen LogP contribution in [-0.4, -0.2) is 19.3 Å². The third-order valence-corrected chi connectivity index (χ3v) is 4.39. The smallest absolute Gasteiger partial charge is 0.273 e. The van der Waals surface area contributed by atoms with Crippen molar-refractivity contribution >= 4 is 15.9 Å². The van der Waals surface area contributed by atoms with E-state index in [4.69, 9.17) is 9.56 Å². The topological polar surface area (TPSA) is 115 Å². The molecule has 3 N–H and O–H groups in total. The van der Waals surface area contributed by atoms with Gasteiger partial charge in [-0.2, -0.15) is 0 Å². The Morgan fingerprint density at radius 2 is 2.00 bits per heavy atom. The molecule has 1 aliphatic carbocycles. The molecular weight excluding hydrogens is 306 g/mol. The first-order valence-corrected chi connectivity index (χ1v) is 8.33. The van der Waals surface area contributed by atoms with Crippen LogP contribution in [0.4, 0.5) is 0 Å². The first-order chi connectivity index (χ1) is 10.4. The first kappa shape index (κ1) is 14.7. The fourth-order valence-corrected chi connectivity index (χ4v) is 2.64. The molecule has 22 heavy (non-hydrogen) atoms. The van der Waals surface area contributed by atoms with Crippen LogP contribution in [0.25, 0.3) is 0 Å². The van der Waals surface area contributed by atoms with Gasteiger partial charge in [-0.1, -0.05) is 12.1 Å². The summed E-state index contributed by atoms with van der Waals surface area (Å²) in [6.07, 6.45) is 3.32. The molecule has 0 saturated heterocycles. The second-order valence-electron chi connectivity index (χ2n) is 5.21. The lowest BCUT2D eigenvalue weighted by molar-refractivity contribution is 0.0944. The highest BCUT2D eigenvalue weighted by Crippen LogP contribution is 2.41. The number of oxazole rings is 1. The number of amides is 1. The van der Waals surface area contributed by atoms with E-state index in [9.17, 15) is 13.2 Å². The van der Waals surface area contributed by atoms with Crippen LogP contribution in [0, 0.1) is 0 Å². The van der Waals surface area contributed by atoms with Crippen LogP contribution >= 0.6 is 0 Å². The van der Waals surface area contributed by atoms with E-state index in [1.807, 2.05) is 0 Å². The van der Waals surface area contributed by atoms with Crippen molar-refractivity contribution in [1.82, 2.24) is 10.3 Å². The van der Waals surface area contributed by atoms with Gasteiger partial charge in [-0.15, -0.1) is 0 Å². The minimum atomic E-state index is -3.70. The Morgan fingerprint density at radius 1 is 1.32 bits per heavy atom. The van der Waals surface area contributed by atoms with Crippen molar-refractivity contribution in [3.63, 3.8) is 0 Å². The fourth-order valence-electron chi connectivity index (χ4n) is 2.12. The van der Waals surface area contributed by atoms with Crippen LogP contribution in [0.1, 0.15) is 40.6 Å². The van der Waals surface area contributed by atoms with Gasteiger partial charge in [-0.25, -0.2) is 18.5 Å². The van der Waals surface area contributed by atoms with E-state index < -0.39 is 10.0 Å². The molecule has 0 unspecified atom stereocenters. The summed E-state index contributed by atoms with van der Waals surface area (Å²) in [4.78, 5) is 16.1. The molecule has 1 fully saturated rings. The van der Waals surface area contributed by atoms with Gasteiger partial charge in [0, 0.05) is 12.5 Å². The van der Waals surface area contributed by atoms with Gasteiger partial charge in [0.2, 0.25) is 10.0 Å². The van der Waals surface area contributed by atoms with Crippen LogP contribution in [-0.2, 0) is 16.6 Å². The van der Waals surface area contributed by atoms with Crippen molar-refractivity contribution in [2.45, 2.75) is 30.2 Å². The van der Waals surface area contributed by atoms with Crippen molar-refractivity contribution in [1.29, 1.82) is 0 Å². The number of carbonyl (C=O) groups excluding carboxylic acids is 1. The minimum Gasteiger partial charge on any atom is -0.447 e. The lowest BCUT2D eigenvalue weighted by Crippen LogP contribution is -2.24. The summed E-state index contributed by atoms with van der Waals surface area (Å²) in [5, 5.41) is 7.77. The second kappa shape index (κ2) is 5.54. The van der Waals surface area contributed by atoms with Gasteiger partial charge < -0.3 is 9.73 Å². The summed E-state index contributed by atoms with van der Waals surface area (Å²) in [6.45, 7) is 0.265. The van der Waals surface area contributed by atoms with Crippen molar-refractivity contribution in [3.8, 4) is 0 Å². The number of hydrogen-bond acceptors (Lipinski definition) is 5. The van der Waals surface area contributed by atoms with Crippen LogP contribution in [0.3, 0.4) is 0 Å². The van der Waals surface area contributed by atoms with E-state index in [0.717, 1.165) is 18.4 Å².